The predicted octanol–water partition coefficient (Wildman–Crippen LogP) is 2.93. The summed E-state index contributed by atoms with van der Waals surface area (Å²) in [5.41, 5.74) is 1.42. The molecule has 0 saturated carbocycles. The maximum absolute atomic E-state index is 12.9. The van der Waals surface area contributed by atoms with Crippen molar-refractivity contribution in [2.45, 2.75) is 39.2 Å². The quantitative estimate of drug-likeness (QED) is 0.847. The average Bonchev–Trinajstić information content (AvgIpc) is 2.60. The molecule has 1 unspecified atom stereocenters. The Kier molecular flexibility index (Phi) is 4.59. The summed E-state index contributed by atoms with van der Waals surface area (Å²) in [4.78, 5) is 17.7. The van der Waals surface area contributed by atoms with Crippen molar-refractivity contribution in [3.8, 4) is 0 Å². The van der Waals surface area contributed by atoms with Gasteiger partial charge in [0.2, 0.25) is 5.91 Å². The third-order valence-electron chi connectivity index (χ3n) is 6.30. The molecule has 3 heterocycles. The second-order valence-electron chi connectivity index (χ2n) is 8.68. The molecule has 0 aliphatic carbocycles. The van der Waals surface area contributed by atoms with E-state index < -0.39 is 0 Å². The molecule has 3 saturated heterocycles. The number of hydrogen-bond donors (Lipinski definition) is 0. The Hall–Kier alpha value is -1.39. The monoisotopic (exact) mass is 342 g/mol. The van der Waals surface area contributed by atoms with Crippen molar-refractivity contribution in [3.05, 3.63) is 35.9 Å². The van der Waals surface area contributed by atoms with Crippen LogP contribution < -0.4 is 0 Å². The normalized spacial score (nSPS) is 29.4. The molecule has 3 aliphatic rings. The Bertz CT molecular complexity index is 610. The van der Waals surface area contributed by atoms with Gasteiger partial charge in [0.15, 0.2) is 0 Å². The minimum absolute atomic E-state index is 0.267. The van der Waals surface area contributed by atoms with E-state index in [0.29, 0.717) is 24.5 Å². The number of piperidine rings is 2. The van der Waals surface area contributed by atoms with E-state index >= 15 is 0 Å². The summed E-state index contributed by atoms with van der Waals surface area (Å²) in [6.07, 6.45) is 4.90. The standard InChI is InChI=1S/C21H30N2O2/c1-20(16-25-17-20)19(24)23-12-6-10-21(15-23)9-5-11-22(14-21)13-18-7-3-2-4-8-18/h2-4,7-8H,5-6,9-17H2,1H3. The average molecular weight is 342 g/mol. The van der Waals surface area contributed by atoms with E-state index in [2.05, 4.69) is 47.1 Å². The summed E-state index contributed by atoms with van der Waals surface area (Å²) in [6, 6.07) is 10.8. The van der Waals surface area contributed by atoms with Gasteiger partial charge in [0.25, 0.3) is 0 Å². The highest BCUT2D eigenvalue weighted by atomic mass is 16.5. The van der Waals surface area contributed by atoms with Gasteiger partial charge in [0, 0.05) is 31.6 Å². The molecule has 0 radical (unpaired) electrons. The molecule has 136 valence electrons. The van der Waals surface area contributed by atoms with E-state index in [0.717, 1.165) is 32.6 Å². The van der Waals surface area contributed by atoms with Gasteiger partial charge in [-0.05, 0) is 44.7 Å². The third-order valence-corrected chi connectivity index (χ3v) is 6.30. The zero-order valence-corrected chi connectivity index (χ0v) is 15.4. The first-order chi connectivity index (χ1) is 12.1. The molecule has 4 heteroatoms. The third kappa shape index (κ3) is 3.47. The van der Waals surface area contributed by atoms with E-state index in [1.807, 2.05) is 0 Å². The number of likely N-dealkylation sites (tertiary alicyclic amines) is 2. The maximum atomic E-state index is 12.9. The number of ether oxygens (including phenoxy) is 1. The van der Waals surface area contributed by atoms with Crippen molar-refractivity contribution in [3.63, 3.8) is 0 Å². The summed E-state index contributed by atoms with van der Waals surface area (Å²) >= 11 is 0. The van der Waals surface area contributed by atoms with Crippen molar-refractivity contribution >= 4 is 5.91 Å². The number of benzene rings is 1. The van der Waals surface area contributed by atoms with Crippen LogP contribution in [0.3, 0.4) is 0 Å². The van der Waals surface area contributed by atoms with Gasteiger partial charge in [-0.3, -0.25) is 9.69 Å². The Morgan fingerprint density at radius 2 is 1.80 bits per heavy atom. The minimum atomic E-state index is -0.267. The minimum Gasteiger partial charge on any atom is -0.379 e. The highest BCUT2D eigenvalue weighted by Gasteiger charge is 2.47. The summed E-state index contributed by atoms with van der Waals surface area (Å²) in [6.45, 7) is 8.44. The van der Waals surface area contributed by atoms with Crippen LogP contribution in [0.2, 0.25) is 0 Å². The molecule has 0 aromatic heterocycles. The van der Waals surface area contributed by atoms with E-state index in [1.165, 1.54) is 31.4 Å². The van der Waals surface area contributed by atoms with Crippen LogP contribution in [0.25, 0.3) is 0 Å². The van der Waals surface area contributed by atoms with Gasteiger partial charge in [-0.1, -0.05) is 30.3 Å². The molecule has 1 aromatic carbocycles. The van der Waals surface area contributed by atoms with Crippen molar-refractivity contribution < 1.29 is 9.53 Å². The lowest BCUT2D eigenvalue weighted by Gasteiger charge is -2.50. The Labute approximate surface area is 151 Å². The van der Waals surface area contributed by atoms with Crippen molar-refractivity contribution in [2.75, 3.05) is 39.4 Å². The van der Waals surface area contributed by atoms with E-state index in [-0.39, 0.29) is 5.41 Å². The van der Waals surface area contributed by atoms with Crippen molar-refractivity contribution in [2.24, 2.45) is 10.8 Å². The second-order valence-corrected chi connectivity index (χ2v) is 8.68. The molecule has 1 aromatic rings. The lowest BCUT2D eigenvalue weighted by Crippen LogP contribution is -2.59. The van der Waals surface area contributed by atoms with Crippen LogP contribution in [0.1, 0.15) is 38.2 Å². The van der Waals surface area contributed by atoms with E-state index in [9.17, 15) is 4.79 Å². The summed E-state index contributed by atoms with van der Waals surface area (Å²) in [5, 5.41) is 0. The predicted molar refractivity (Wildman–Crippen MR) is 98.1 cm³/mol. The Morgan fingerprint density at radius 3 is 2.48 bits per heavy atom. The lowest BCUT2D eigenvalue weighted by molar-refractivity contribution is -0.172. The van der Waals surface area contributed by atoms with Crippen LogP contribution in [-0.2, 0) is 16.1 Å². The van der Waals surface area contributed by atoms with Gasteiger partial charge in [0.1, 0.15) is 0 Å². The van der Waals surface area contributed by atoms with E-state index in [1.54, 1.807) is 0 Å². The molecular weight excluding hydrogens is 312 g/mol. The molecule has 3 aliphatic heterocycles. The number of nitrogens with zero attached hydrogens (tertiary/aromatic N) is 2. The smallest absolute Gasteiger partial charge is 0.233 e. The van der Waals surface area contributed by atoms with Crippen LogP contribution in [0.5, 0.6) is 0 Å². The van der Waals surface area contributed by atoms with Gasteiger partial charge in [-0.25, -0.2) is 0 Å². The van der Waals surface area contributed by atoms with Crippen LogP contribution in [0.15, 0.2) is 30.3 Å². The molecule has 0 bridgehead atoms. The van der Waals surface area contributed by atoms with Crippen LogP contribution in [0.4, 0.5) is 0 Å². The molecule has 1 spiro atoms. The molecule has 3 fully saturated rings. The molecule has 1 atom stereocenters. The van der Waals surface area contributed by atoms with Gasteiger partial charge < -0.3 is 9.64 Å². The molecule has 0 N–H and O–H groups in total. The van der Waals surface area contributed by atoms with Gasteiger partial charge in [0.05, 0.1) is 18.6 Å². The van der Waals surface area contributed by atoms with Gasteiger partial charge in [-0.15, -0.1) is 0 Å². The fourth-order valence-corrected chi connectivity index (χ4v) is 4.91. The summed E-state index contributed by atoms with van der Waals surface area (Å²) in [7, 11) is 0. The van der Waals surface area contributed by atoms with Crippen LogP contribution >= 0.6 is 0 Å². The first kappa shape index (κ1) is 17.0. The second kappa shape index (κ2) is 6.73. The Morgan fingerprint density at radius 1 is 1.08 bits per heavy atom. The first-order valence-electron chi connectivity index (χ1n) is 9.72. The maximum Gasteiger partial charge on any atom is 0.233 e. The fraction of sp³-hybridized carbons (Fsp3) is 0.667. The Balaban J connectivity index is 1.42. The zero-order chi connectivity index (χ0) is 17.3. The van der Waals surface area contributed by atoms with Crippen LogP contribution in [-0.4, -0.2) is 55.1 Å². The molecule has 1 amide bonds. The van der Waals surface area contributed by atoms with Gasteiger partial charge in [-0.2, -0.15) is 0 Å². The number of amides is 1. The lowest BCUT2D eigenvalue weighted by atomic mass is 9.73. The molecule has 4 nitrogen and oxygen atoms in total. The molecule has 25 heavy (non-hydrogen) atoms. The SMILES string of the molecule is CC1(C(=O)N2CCCC3(CCCN(Cc4ccccc4)C3)C2)COC1. The summed E-state index contributed by atoms with van der Waals surface area (Å²) < 4.78 is 5.31. The topological polar surface area (TPSA) is 32.8 Å². The van der Waals surface area contributed by atoms with Crippen LogP contribution in [0, 0.1) is 10.8 Å². The number of hydrogen-bond acceptors (Lipinski definition) is 3. The van der Waals surface area contributed by atoms with Crippen molar-refractivity contribution in [1.82, 2.24) is 9.80 Å². The first-order valence-corrected chi connectivity index (χ1v) is 9.72. The number of carbonyl (C=O) groups excluding carboxylic acids is 1. The largest absolute Gasteiger partial charge is 0.379 e. The fourth-order valence-electron chi connectivity index (χ4n) is 4.91. The number of carbonyl (C=O) groups is 1. The van der Waals surface area contributed by atoms with Gasteiger partial charge >= 0.3 is 0 Å². The highest BCUT2D eigenvalue weighted by Crippen LogP contribution is 2.40. The molecular formula is C21H30N2O2. The zero-order valence-electron chi connectivity index (χ0n) is 15.4. The summed E-state index contributed by atoms with van der Waals surface area (Å²) in [5.74, 6) is 0.318. The van der Waals surface area contributed by atoms with E-state index in [4.69, 9.17) is 4.74 Å². The molecule has 4 rings (SSSR count). The highest BCUT2D eigenvalue weighted by molar-refractivity contribution is 5.83. The number of rotatable bonds is 3. The van der Waals surface area contributed by atoms with Crippen molar-refractivity contribution in [1.29, 1.82) is 0 Å².